The van der Waals surface area contributed by atoms with Crippen molar-refractivity contribution in [2.45, 2.75) is 39.7 Å². The summed E-state index contributed by atoms with van der Waals surface area (Å²) in [7, 11) is 1.97. The van der Waals surface area contributed by atoms with Gasteiger partial charge in [0, 0.05) is 30.6 Å². The Morgan fingerprint density at radius 2 is 2.10 bits per heavy atom. The Kier molecular flexibility index (Phi) is 4.52. The SMILES string of the molecule is CCc1cc(CC(NN)c2ccc(C)nc2C)n(C)n1. The summed E-state index contributed by atoms with van der Waals surface area (Å²) in [6, 6.07) is 6.30. The maximum absolute atomic E-state index is 5.74. The van der Waals surface area contributed by atoms with Gasteiger partial charge in [0.2, 0.25) is 0 Å². The number of aryl methyl sites for hydroxylation is 4. The van der Waals surface area contributed by atoms with E-state index in [2.05, 4.69) is 34.6 Å². The molecule has 20 heavy (non-hydrogen) atoms. The van der Waals surface area contributed by atoms with E-state index in [0.29, 0.717) is 0 Å². The van der Waals surface area contributed by atoms with E-state index in [4.69, 9.17) is 5.84 Å². The van der Waals surface area contributed by atoms with Crippen LogP contribution in [-0.4, -0.2) is 14.8 Å². The monoisotopic (exact) mass is 273 g/mol. The first-order chi connectivity index (χ1) is 9.55. The lowest BCUT2D eigenvalue weighted by atomic mass is 10.0. The molecule has 2 rings (SSSR count). The number of nitrogens with two attached hydrogens (primary N) is 1. The van der Waals surface area contributed by atoms with E-state index in [1.54, 1.807) is 0 Å². The van der Waals surface area contributed by atoms with E-state index in [0.717, 1.165) is 35.5 Å². The predicted octanol–water partition coefficient (Wildman–Crippen LogP) is 1.74. The zero-order valence-corrected chi connectivity index (χ0v) is 12.6. The number of nitrogens with one attached hydrogen (secondary N) is 1. The third kappa shape index (κ3) is 3.05. The Labute approximate surface area is 120 Å². The largest absolute Gasteiger partial charge is 0.272 e. The van der Waals surface area contributed by atoms with Crippen LogP contribution < -0.4 is 11.3 Å². The third-order valence-electron chi connectivity index (χ3n) is 3.65. The predicted molar refractivity (Wildman–Crippen MR) is 80.1 cm³/mol. The van der Waals surface area contributed by atoms with Crippen LogP contribution in [-0.2, 0) is 19.9 Å². The standard InChI is InChI=1S/C15H23N5/c1-5-12-8-13(20(4)19-12)9-15(18-16)14-7-6-10(2)17-11(14)3/h6-8,15,18H,5,9,16H2,1-4H3. The quantitative estimate of drug-likeness (QED) is 0.643. The number of pyridine rings is 1. The molecule has 0 saturated carbocycles. The Morgan fingerprint density at radius 3 is 2.65 bits per heavy atom. The molecule has 0 spiro atoms. The van der Waals surface area contributed by atoms with Gasteiger partial charge < -0.3 is 0 Å². The summed E-state index contributed by atoms with van der Waals surface area (Å²) < 4.78 is 1.93. The summed E-state index contributed by atoms with van der Waals surface area (Å²) in [5.74, 6) is 5.74. The van der Waals surface area contributed by atoms with Crippen molar-refractivity contribution in [2.24, 2.45) is 12.9 Å². The van der Waals surface area contributed by atoms with Gasteiger partial charge in [0.25, 0.3) is 0 Å². The molecule has 1 unspecified atom stereocenters. The first kappa shape index (κ1) is 14.7. The Hall–Kier alpha value is -1.72. The Morgan fingerprint density at radius 1 is 1.35 bits per heavy atom. The van der Waals surface area contributed by atoms with Crippen molar-refractivity contribution >= 4 is 0 Å². The first-order valence-corrected chi connectivity index (χ1v) is 6.97. The maximum Gasteiger partial charge on any atom is 0.0624 e. The highest BCUT2D eigenvalue weighted by atomic mass is 15.3. The molecule has 2 heterocycles. The molecule has 0 aliphatic heterocycles. The number of hydrogen-bond acceptors (Lipinski definition) is 4. The summed E-state index contributed by atoms with van der Waals surface area (Å²) in [5, 5.41) is 4.48. The van der Waals surface area contributed by atoms with E-state index in [9.17, 15) is 0 Å². The molecule has 2 aromatic rings. The molecule has 0 aromatic carbocycles. The van der Waals surface area contributed by atoms with Crippen molar-refractivity contribution in [1.82, 2.24) is 20.2 Å². The van der Waals surface area contributed by atoms with Gasteiger partial charge in [-0.3, -0.25) is 20.9 Å². The first-order valence-electron chi connectivity index (χ1n) is 6.97. The second-order valence-corrected chi connectivity index (χ2v) is 5.15. The lowest BCUT2D eigenvalue weighted by Crippen LogP contribution is -2.30. The van der Waals surface area contributed by atoms with Gasteiger partial charge in [-0.25, -0.2) is 0 Å². The van der Waals surface area contributed by atoms with Gasteiger partial charge >= 0.3 is 0 Å². The topological polar surface area (TPSA) is 68.8 Å². The van der Waals surface area contributed by atoms with Crippen LogP contribution in [0.2, 0.25) is 0 Å². The number of rotatable bonds is 5. The van der Waals surface area contributed by atoms with Crippen LogP contribution in [0.15, 0.2) is 18.2 Å². The molecular formula is C15H23N5. The van der Waals surface area contributed by atoms with E-state index in [-0.39, 0.29) is 6.04 Å². The molecule has 108 valence electrons. The lowest BCUT2D eigenvalue weighted by Gasteiger charge is -2.18. The van der Waals surface area contributed by atoms with E-state index >= 15 is 0 Å². The van der Waals surface area contributed by atoms with E-state index < -0.39 is 0 Å². The van der Waals surface area contributed by atoms with Gasteiger partial charge in [-0.05, 0) is 38.0 Å². The molecule has 0 fully saturated rings. The smallest absolute Gasteiger partial charge is 0.0624 e. The van der Waals surface area contributed by atoms with Crippen LogP contribution in [0.5, 0.6) is 0 Å². The van der Waals surface area contributed by atoms with Gasteiger partial charge in [-0.15, -0.1) is 0 Å². The van der Waals surface area contributed by atoms with Crippen molar-refractivity contribution in [3.63, 3.8) is 0 Å². The number of aromatic nitrogens is 3. The minimum absolute atomic E-state index is 0.0446. The molecule has 5 heteroatoms. The molecule has 5 nitrogen and oxygen atoms in total. The molecular weight excluding hydrogens is 250 g/mol. The van der Waals surface area contributed by atoms with Crippen molar-refractivity contribution in [3.05, 3.63) is 46.5 Å². The number of hydrazine groups is 1. The van der Waals surface area contributed by atoms with Crippen LogP contribution in [0.3, 0.4) is 0 Å². The van der Waals surface area contributed by atoms with Crippen molar-refractivity contribution in [3.8, 4) is 0 Å². The highest BCUT2D eigenvalue weighted by molar-refractivity contribution is 5.27. The minimum atomic E-state index is 0.0446. The van der Waals surface area contributed by atoms with Crippen LogP contribution >= 0.6 is 0 Å². The normalized spacial score (nSPS) is 12.7. The summed E-state index contributed by atoms with van der Waals surface area (Å²) in [6.45, 7) is 6.13. The van der Waals surface area contributed by atoms with Gasteiger partial charge in [0.1, 0.15) is 0 Å². The molecule has 0 saturated heterocycles. The van der Waals surface area contributed by atoms with Crippen LogP contribution in [0.25, 0.3) is 0 Å². The molecule has 3 N–H and O–H groups in total. The molecule has 2 aromatic heterocycles. The summed E-state index contributed by atoms with van der Waals surface area (Å²) in [5.41, 5.74) is 8.36. The average Bonchev–Trinajstić information content (AvgIpc) is 2.77. The van der Waals surface area contributed by atoms with Crippen LogP contribution in [0.4, 0.5) is 0 Å². The zero-order chi connectivity index (χ0) is 14.7. The molecule has 0 aliphatic carbocycles. The second kappa shape index (κ2) is 6.15. The van der Waals surface area contributed by atoms with Crippen LogP contribution in [0.1, 0.15) is 41.3 Å². The molecule has 0 aliphatic rings. The molecule has 0 amide bonds. The third-order valence-corrected chi connectivity index (χ3v) is 3.65. The lowest BCUT2D eigenvalue weighted by molar-refractivity contribution is 0.525. The fourth-order valence-electron chi connectivity index (χ4n) is 2.47. The van der Waals surface area contributed by atoms with Gasteiger partial charge in [-0.2, -0.15) is 5.10 Å². The average molecular weight is 273 g/mol. The fraction of sp³-hybridized carbons (Fsp3) is 0.467. The summed E-state index contributed by atoms with van der Waals surface area (Å²) >= 11 is 0. The Balaban J connectivity index is 2.26. The molecule has 1 atom stereocenters. The minimum Gasteiger partial charge on any atom is -0.272 e. The van der Waals surface area contributed by atoms with Crippen molar-refractivity contribution in [2.75, 3.05) is 0 Å². The van der Waals surface area contributed by atoms with Gasteiger partial charge in [0.15, 0.2) is 0 Å². The number of nitrogens with zero attached hydrogens (tertiary/aromatic N) is 3. The number of hydrogen-bond donors (Lipinski definition) is 2. The van der Waals surface area contributed by atoms with E-state index in [1.807, 2.05) is 31.6 Å². The molecule has 0 bridgehead atoms. The fourth-order valence-corrected chi connectivity index (χ4v) is 2.47. The maximum atomic E-state index is 5.74. The van der Waals surface area contributed by atoms with Gasteiger partial charge in [0.05, 0.1) is 11.7 Å². The Bertz CT molecular complexity index is 588. The van der Waals surface area contributed by atoms with Crippen molar-refractivity contribution in [1.29, 1.82) is 0 Å². The van der Waals surface area contributed by atoms with E-state index in [1.165, 1.54) is 5.69 Å². The highest BCUT2D eigenvalue weighted by Crippen LogP contribution is 2.21. The summed E-state index contributed by atoms with van der Waals surface area (Å²) in [4.78, 5) is 4.51. The highest BCUT2D eigenvalue weighted by Gasteiger charge is 2.16. The van der Waals surface area contributed by atoms with Crippen LogP contribution in [0, 0.1) is 13.8 Å². The molecule has 0 radical (unpaired) electrons. The van der Waals surface area contributed by atoms with Gasteiger partial charge in [-0.1, -0.05) is 13.0 Å². The zero-order valence-electron chi connectivity index (χ0n) is 12.6. The van der Waals surface area contributed by atoms with Crippen molar-refractivity contribution < 1.29 is 0 Å². The summed E-state index contributed by atoms with van der Waals surface area (Å²) in [6.07, 6.45) is 1.74. The second-order valence-electron chi connectivity index (χ2n) is 5.15.